The van der Waals surface area contributed by atoms with E-state index in [2.05, 4.69) is 6.07 Å². The average Bonchev–Trinajstić information content (AvgIpc) is 2.64. The Hall–Kier alpha value is -1.84. The van der Waals surface area contributed by atoms with Gasteiger partial charge in [-0.1, -0.05) is 24.3 Å². The minimum absolute atomic E-state index is 0.0784. The number of Topliss-reactive ketones (excluding diaryl/α,β-unsaturated/α-hetero) is 1. The van der Waals surface area contributed by atoms with E-state index >= 15 is 0 Å². The smallest absolute Gasteiger partial charge is 0.183 e. The largest absolute Gasteiger partial charge is 0.292 e. The molecule has 0 amide bonds. The Labute approximate surface area is 104 Å². The normalized spacial score (nSPS) is 23.6. The van der Waals surface area contributed by atoms with Crippen molar-refractivity contribution >= 4 is 17.4 Å². The monoisotopic (exact) mass is 244 g/mol. The highest BCUT2D eigenvalue weighted by Gasteiger charge is 2.46. The SMILES string of the molecule is N#C[C@H](Cl)C[C@]1(C#N)Cc2ccccc2C1=O. The van der Waals surface area contributed by atoms with Crippen molar-refractivity contribution in [1.29, 1.82) is 10.5 Å². The van der Waals surface area contributed by atoms with Crippen molar-refractivity contribution in [2.24, 2.45) is 5.41 Å². The summed E-state index contributed by atoms with van der Waals surface area (Å²) in [5.41, 5.74) is 0.281. The van der Waals surface area contributed by atoms with Gasteiger partial charge in [-0.15, -0.1) is 11.6 Å². The number of fused-ring (bicyclic) bond motifs is 1. The van der Waals surface area contributed by atoms with Crippen LogP contribution in [0.25, 0.3) is 0 Å². The first-order valence-electron chi connectivity index (χ1n) is 5.20. The fraction of sp³-hybridized carbons (Fsp3) is 0.308. The summed E-state index contributed by atoms with van der Waals surface area (Å²) in [6, 6.07) is 11.1. The molecule has 0 aromatic heterocycles. The number of halogens is 1. The van der Waals surface area contributed by atoms with Crippen LogP contribution in [0.2, 0.25) is 0 Å². The van der Waals surface area contributed by atoms with Crippen molar-refractivity contribution in [2.45, 2.75) is 18.2 Å². The molecule has 4 heteroatoms. The van der Waals surface area contributed by atoms with E-state index in [1.807, 2.05) is 18.2 Å². The van der Waals surface area contributed by atoms with Crippen molar-refractivity contribution in [1.82, 2.24) is 0 Å². The van der Waals surface area contributed by atoms with Crippen molar-refractivity contribution in [3.63, 3.8) is 0 Å². The number of hydrogen-bond donors (Lipinski definition) is 0. The van der Waals surface area contributed by atoms with E-state index in [1.54, 1.807) is 12.1 Å². The molecule has 0 N–H and O–H groups in total. The van der Waals surface area contributed by atoms with E-state index in [-0.39, 0.29) is 12.2 Å². The van der Waals surface area contributed by atoms with E-state index in [4.69, 9.17) is 16.9 Å². The summed E-state index contributed by atoms with van der Waals surface area (Å²) in [4.78, 5) is 12.2. The summed E-state index contributed by atoms with van der Waals surface area (Å²) >= 11 is 5.76. The lowest BCUT2D eigenvalue weighted by molar-refractivity contribution is 0.0875. The van der Waals surface area contributed by atoms with Gasteiger partial charge >= 0.3 is 0 Å². The number of hydrogen-bond acceptors (Lipinski definition) is 3. The molecule has 84 valence electrons. The minimum Gasteiger partial charge on any atom is -0.292 e. The number of rotatable bonds is 2. The molecule has 1 aliphatic carbocycles. The van der Waals surface area contributed by atoms with Crippen LogP contribution in [0.4, 0.5) is 0 Å². The van der Waals surface area contributed by atoms with E-state index in [0.717, 1.165) is 5.56 Å². The number of carbonyl (C=O) groups excluding carboxylic acids is 1. The Morgan fingerprint density at radius 1 is 1.41 bits per heavy atom. The van der Waals surface area contributed by atoms with Crippen molar-refractivity contribution < 1.29 is 4.79 Å². The molecular weight excluding hydrogens is 236 g/mol. The molecule has 3 nitrogen and oxygen atoms in total. The third-order valence-corrected chi connectivity index (χ3v) is 3.32. The Bertz CT molecular complexity index is 555. The third kappa shape index (κ3) is 1.79. The molecule has 0 spiro atoms. The summed E-state index contributed by atoms with van der Waals surface area (Å²) in [7, 11) is 0. The molecule has 0 bridgehead atoms. The zero-order valence-electron chi connectivity index (χ0n) is 8.98. The molecule has 17 heavy (non-hydrogen) atoms. The standard InChI is InChI=1S/C13H9ClN2O/c14-10(7-15)6-13(8-16)5-9-3-1-2-4-11(9)12(13)17/h1-4,10H,5-6H2/t10-,13+/m1/s1. The van der Waals surface area contributed by atoms with Gasteiger partial charge in [-0.3, -0.25) is 4.79 Å². The van der Waals surface area contributed by atoms with Crippen molar-refractivity contribution in [3.05, 3.63) is 35.4 Å². The van der Waals surface area contributed by atoms with Crippen LogP contribution in [0.3, 0.4) is 0 Å². The zero-order valence-corrected chi connectivity index (χ0v) is 9.74. The van der Waals surface area contributed by atoms with Crippen LogP contribution in [0, 0.1) is 28.1 Å². The number of benzene rings is 1. The molecular formula is C13H9ClN2O. The van der Waals surface area contributed by atoms with Gasteiger partial charge in [0.05, 0.1) is 12.1 Å². The highest BCUT2D eigenvalue weighted by molar-refractivity contribution is 6.22. The van der Waals surface area contributed by atoms with Crippen LogP contribution >= 0.6 is 11.6 Å². The van der Waals surface area contributed by atoms with E-state index in [9.17, 15) is 10.1 Å². The number of alkyl halides is 1. The second-order valence-corrected chi connectivity index (χ2v) is 4.68. The molecule has 0 fully saturated rings. The molecule has 0 unspecified atom stereocenters. The summed E-state index contributed by atoms with van der Waals surface area (Å²) in [5, 5.41) is 17.2. The summed E-state index contributed by atoms with van der Waals surface area (Å²) in [5.74, 6) is -0.212. The van der Waals surface area contributed by atoms with Crippen LogP contribution in [0.15, 0.2) is 24.3 Å². The maximum absolute atomic E-state index is 12.2. The summed E-state index contributed by atoms with van der Waals surface area (Å²) in [6.45, 7) is 0. The Kier molecular flexibility index (Phi) is 2.88. The quantitative estimate of drug-likeness (QED) is 0.751. The number of nitrogens with zero attached hydrogens (tertiary/aromatic N) is 2. The first-order chi connectivity index (χ1) is 8.13. The van der Waals surface area contributed by atoms with Crippen molar-refractivity contribution in [3.8, 4) is 12.1 Å². The average molecular weight is 245 g/mol. The van der Waals surface area contributed by atoms with Gasteiger partial charge < -0.3 is 0 Å². The molecule has 0 heterocycles. The minimum atomic E-state index is -1.16. The molecule has 2 atom stereocenters. The molecule has 1 aliphatic rings. The predicted octanol–water partition coefficient (Wildman–Crippen LogP) is 2.46. The highest BCUT2D eigenvalue weighted by Crippen LogP contribution is 2.40. The maximum atomic E-state index is 12.2. The molecule has 1 aromatic carbocycles. The van der Waals surface area contributed by atoms with E-state index in [0.29, 0.717) is 12.0 Å². The van der Waals surface area contributed by atoms with E-state index in [1.165, 1.54) is 0 Å². The van der Waals surface area contributed by atoms with Gasteiger partial charge in [-0.2, -0.15) is 10.5 Å². The first kappa shape index (κ1) is 11.6. The van der Waals surface area contributed by atoms with Gasteiger partial charge in [0.2, 0.25) is 0 Å². The Balaban J connectivity index is 2.40. The fourth-order valence-corrected chi connectivity index (χ4v) is 2.47. The third-order valence-electron chi connectivity index (χ3n) is 3.07. The topological polar surface area (TPSA) is 64.7 Å². The lowest BCUT2D eigenvalue weighted by Crippen LogP contribution is -2.29. The number of carbonyl (C=O) groups is 1. The van der Waals surface area contributed by atoms with Gasteiger partial charge in [0.15, 0.2) is 5.78 Å². The number of ketones is 1. The molecule has 0 aliphatic heterocycles. The Morgan fingerprint density at radius 3 is 2.71 bits per heavy atom. The first-order valence-corrected chi connectivity index (χ1v) is 5.64. The molecule has 1 aromatic rings. The van der Waals surface area contributed by atoms with Gasteiger partial charge in [0, 0.05) is 12.0 Å². The van der Waals surface area contributed by atoms with Gasteiger partial charge in [-0.25, -0.2) is 0 Å². The maximum Gasteiger partial charge on any atom is 0.183 e. The highest BCUT2D eigenvalue weighted by atomic mass is 35.5. The van der Waals surface area contributed by atoms with Crippen LogP contribution in [0.5, 0.6) is 0 Å². The zero-order chi connectivity index (χ0) is 12.5. The van der Waals surface area contributed by atoms with Crippen LogP contribution in [-0.4, -0.2) is 11.2 Å². The van der Waals surface area contributed by atoms with Crippen molar-refractivity contribution in [2.75, 3.05) is 0 Å². The molecule has 2 rings (SSSR count). The van der Waals surface area contributed by atoms with Crippen LogP contribution in [0.1, 0.15) is 22.3 Å². The van der Waals surface area contributed by atoms with Gasteiger partial charge in [-0.05, 0) is 12.0 Å². The molecule has 0 radical (unpaired) electrons. The fourth-order valence-electron chi connectivity index (χ4n) is 2.21. The lowest BCUT2D eigenvalue weighted by Gasteiger charge is -2.18. The molecule has 0 saturated carbocycles. The summed E-state index contributed by atoms with van der Waals surface area (Å²) < 4.78 is 0. The Morgan fingerprint density at radius 2 is 2.12 bits per heavy atom. The van der Waals surface area contributed by atoms with Crippen LogP contribution in [-0.2, 0) is 6.42 Å². The second kappa shape index (κ2) is 4.20. The van der Waals surface area contributed by atoms with Gasteiger partial charge in [0.1, 0.15) is 10.8 Å². The van der Waals surface area contributed by atoms with E-state index < -0.39 is 10.8 Å². The predicted molar refractivity (Wildman–Crippen MR) is 62.4 cm³/mol. The summed E-state index contributed by atoms with van der Waals surface area (Å²) in [6.07, 6.45) is 0.429. The lowest BCUT2D eigenvalue weighted by atomic mass is 9.81. The second-order valence-electron chi connectivity index (χ2n) is 4.16. The van der Waals surface area contributed by atoms with Crippen LogP contribution < -0.4 is 0 Å². The molecule has 0 saturated heterocycles. The van der Waals surface area contributed by atoms with Gasteiger partial charge in [0.25, 0.3) is 0 Å². The number of nitriles is 2.